The molecular weight excluding hydrogens is 340 g/mol. The maximum absolute atomic E-state index is 4.15. The molecular formula is C26H34N2. The monoisotopic (exact) mass is 374 g/mol. The lowest BCUT2D eigenvalue weighted by Gasteiger charge is -2.52. The molecule has 2 fully saturated rings. The Morgan fingerprint density at radius 1 is 0.821 bits per heavy atom. The van der Waals surface area contributed by atoms with Crippen molar-refractivity contribution in [2.75, 3.05) is 19.6 Å². The van der Waals surface area contributed by atoms with Gasteiger partial charge in [-0.2, -0.15) is 0 Å². The Labute approximate surface area is 170 Å². The third kappa shape index (κ3) is 3.31. The van der Waals surface area contributed by atoms with E-state index in [0.717, 1.165) is 24.9 Å². The van der Waals surface area contributed by atoms with E-state index < -0.39 is 0 Å². The number of benzene rings is 2. The summed E-state index contributed by atoms with van der Waals surface area (Å²) in [5, 5.41) is 4.15. The van der Waals surface area contributed by atoms with Gasteiger partial charge >= 0.3 is 0 Å². The highest BCUT2D eigenvalue weighted by atomic mass is 15.1. The van der Waals surface area contributed by atoms with E-state index in [2.05, 4.69) is 64.8 Å². The third-order valence-electron chi connectivity index (χ3n) is 7.75. The Balaban J connectivity index is 1.38. The van der Waals surface area contributed by atoms with Crippen LogP contribution in [0.15, 0.2) is 54.6 Å². The maximum Gasteiger partial charge on any atom is 0.0495 e. The van der Waals surface area contributed by atoms with Crippen LogP contribution < -0.4 is 5.32 Å². The second-order valence-corrected chi connectivity index (χ2v) is 9.22. The molecule has 2 aromatic carbocycles. The highest BCUT2D eigenvalue weighted by Gasteiger charge is 2.49. The molecule has 1 saturated heterocycles. The van der Waals surface area contributed by atoms with E-state index in [1.54, 1.807) is 11.1 Å². The smallest absolute Gasteiger partial charge is 0.0495 e. The number of hydrogen-bond donors (Lipinski definition) is 1. The molecule has 2 aliphatic heterocycles. The second kappa shape index (κ2) is 8.00. The standard InChI is InChI=1S/C26H34N2/c1-2-8-21(9-3-1)20-28-18-15-24(16-19-28)26(23-11-5-6-12-23)25-13-7-4-10-22(25)14-17-27-26/h1-4,7-10,13,23-24,27H,5-6,11-12,14-20H2. The van der Waals surface area contributed by atoms with Gasteiger partial charge in [0.05, 0.1) is 0 Å². The lowest BCUT2D eigenvalue weighted by Crippen LogP contribution is -2.58. The Hall–Kier alpha value is -1.64. The van der Waals surface area contributed by atoms with Crippen LogP contribution in [0, 0.1) is 11.8 Å². The number of rotatable bonds is 4. The zero-order chi connectivity index (χ0) is 18.8. The van der Waals surface area contributed by atoms with E-state index in [9.17, 15) is 0 Å². The number of piperidine rings is 1. The van der Waals surface area contributed by atoms with Gasteiger partial charge in [0.2, 0.25) is 0 Å². The number of nitrogens with zero attached hydrogens (tertiary/aromatic N) is 1. The molecule has 1 aliphatic carbocycles. The minimum absolute atomic E-state index is 0.226. The molecule has 0 spiro atoms. The van der Waals surface area contributed by atoms with Crippen LogP contribution in [0.5, 0.6) is 0 Å². The molecule has 3 aliphatic rings. The zero-order valence-electron chi connectivity index (χ0n) is 17.1. The van der Waals surface area contributed by atoms with Gasteiger partial charge in [0, 0.05) is 18.6 Å². The highest BCUT2D eigenvalue weighted by molar-refractivity contribution is 5.38. The van der Waals surface area contributed by atoms with Gasteiger partial charge in [-0.05, 0) is 73.7 Å². The van der Waals surface area contributed by atoms with Crippen LogP contribution in [0.4, 0.5) is 0 Å². The summed E-state index contributed by atoms with van der Waals surface area (Å²) in [5.74, 6) is 1.59. The van der Waals surface area contributed by atoms with Gasteiger partial charge in [-0.15, -0.1) is 0 Å². The van der Waals surface area contributed by atoms with Crippen LogP contribution in [0.2, 0.25) is 0 Å². The highest BCUT2D eigenvalue weighted by Crippen LogP contribution is 2.50. The summed E-state index contributed by atoms with van der Waals surface area (Å²) in [6.07, 6.45) is 9.50. The van der Waals surface area contributed by atoms with Gasteiger partial charge in [-0.1, -0.05) is 67.4 Å². The SMILES string of the molecule is c1ccc(CN2CCC(C3(C4CCCC4)NCCc4ccccc43)CC2)cc1. The van der Waals surface area contributed by atoms with E-state index >= 15 is 0 Å². The van der Waals surface area contributed by atoms with Crippen molar-refractivity contribution in [2.24, 2.45) is 11.8 Å². The molecule has 1 N–H and O–H groups in total. The van der Waals surface area contributed by atoms with Crippen LogP contribution in [0.1, 0.15) is 55.2 Å². The van der Waals surface area contributed by atoms with Crippen molar-refractivity contribution in [3.63, 3.8) is 0 Å². The first-order chi connectivity index (χ1) is 13.9. The lowest BCUT2D eigenvalue weighted by molar-refractivity contribution is 0.0535. The van der Waals surface area contributed by atoms with E-state index in [1.807, 2.05) is 0 Å². The van der Waals surface area contributed by atoms with E-state index in [4.69, 9.17) is 0 Å². The van der Waals surface area contributed by atoms with Crippen molar-refractivity contribution in [1.82, 2.24) is 10.2 Å². The van der Waals surface area contributed by atoms with Crippen LogP contribution in [-0.2, 0) is 18.5 Å². The fourth-order valence-corrected chi connectivity index (χ4v) is 6.47. The van der Waals surface area contributed by atoms with Crippen molar-refractivity contribution < 1.29 is 0 Å². The van der Waals surface area contributed by atoms with Crippen LogP contribution in [-0.4, -0.2) is 24.5 Å². The Morgan fingerprint density at radius 2 is 1.50 bits per heavy atom. The van der Waals surface area contributed by atoms with Crippen molar-refractivity contribution in [2.45, 2.75) is 57.0 Å². The average Bonchev–Trinajstić information content (AvgIpc) is 3.30. The average molecular weight is 375 g/mol. The minimum atomic E-state index is 0.226. The minimum Gasteiger partial charge on any atom is -0.307 e. The maximum atomic E-state index is 4.15. The fraction of sp³-hybridized carbons (Fsp3) is 0.538. The summed E-state index contributed by atoms with van der Waals surface area (Å²) in [4.78, 5) is 2.67. The van der Waals surface area contributed by atoms with Crippen molar-refractivity contribution in [3.05, 3.63) is 71.3 Å². The van der Waals surface area contributed by atoms with Gasteiger partial charge < -0.3 is 5.32 Å². The largest absolute Gasteiger partial charge is 0.307 e. The Bertz CT molecular complexity index is 772. The topological polar surface area (TPSA) is 15.3 Å². The van der Waals surface area contributed by atoms with Gasteiger partial charge in [0.15, 0.2) is 0 Å². The Morgan fingerprint density at radius 3 is 2.29 bits per heavy atom. The van der Waals surface area contributed by atoms with Crippen molar-refractivity contribution >= 4 is 0 Å². The molecule has 1 atom stereocenters. The number of hydrogen-bond acceptors (Lipinski definition) is 2. The first kappa shape index (κ1) is 18.4. The molecule has 1 saturated carbocycles. The quantitative estimate of drug-likeness (QED) is 0.798. The molecule has 5 rings (SSSR count). The number of likely N-dealkylation sites (tertiary alicyclic amines) is 1. The van der Waals surface area contributed by atoms with Crippen molar-refractivity contribution in [1.29, 1.82) is 0 Å². The summed E-state index contributed by atoms with van der Waals surface area (Å²) in [6.45, 7) is 4.72. The predicted molar refractivity (Wildman–Crippen MR) is 116 cm³/mol. The molecule has 148 valence electrons. The van der Waals surface area contributed by atoms with E-state index in [0.29, 0.717) is 0 Å². The van der Waals surface area contributed by atoms with E-state index in [1.165, 1.54) is 63.6 Å². The second-order valence-electron chi connectivity index (χ2n) is 9.22. The number of nitrogens with one attached hydrogen (secondary N) is 1. The molecule has 1 unspecified atom stereocenters. The van der Waals surface area contributed by atoms with Crippen LogP contribution >= 0.6 is 0 Å². The summed E-state index contributed by atoms with van der Waals surface area (Å²) in [7, 11) is 0. The molecule has 2 heterocycles. The summed E-state index contributed by atoms with van der Waals surface area (Å²) in [6, 6.07) is 20.4. The lowest BCUT2D eigenvalue weighted by atomic mass is 9.63. The molecule has 2 nitrogen and oxygen atoms in total. The van der Waals surface area contributed by atoms with Gasteiger partial charge in [-0.3, -0.25) is 4.90 Å². The van der Waals surface area contributed by atoms with Gasteiger partial charge in [-0.25, -0.2) is 0 Å². The zero-order valence-corrected chi connectivity index (χ0v) is 17.1. The molecule has 2 aromatic rings. The molecule has 0 aromatic heterocycles. The van der Waals surface area contributed by atoms with Gasteiger partial charge in [0.25, 0.3) is 0 Å². The van der Waals surface area contributed by atoms with Crippen molar-refractivity contribution in [3.8, 4) is 0 Å². The molecule has 2 heteroatoms. The van der Waals surface area contributed by atoms with E-state index in [-0.39, 0.29) is 5.54 Å². The van der Waals surface area contributed by atoms with Crippen LogP contribution in [0.25, 0.3) is 0 Å². The van der Waals surface area contributed by atoms with Gasteiger partial charge in [0.1, 0.15) is 0 Å². The third-order valence-corrected chi connectivity index (χ3v) is 7.75. The molecule has 0 bridgehead atoms. The normalized spacial score (nSPS) is 27.0. The predicted octanol–water partition coefficient (Wildman–Crippen LogP) is 5.13. The molecule has 0 radical (unpaired) electrons. The van der Waals surface area contributed by atoms with Crippen LogP contribution in [0.3, 0.4) is 0 Å². The number of fused-ring (bicyclic) bond motifs is 1. The fourth-order valence-electron chi connectivity index (χ4n) is 6.47. The summed E-state index contributed by atoms with van der Waals surface area (Å²) >= 11 is 0. The molecule has 0 amide bonds. The first-order valence-electron chi connectivity index (χ1n) is 11.5. The summed E-state index contributed by atoms with van der Waals surface area (Å²) in [5.41, 5.74) is 4.94. The molecule has 28 heavy (non-hydrogen) atoms. The summed E-state index contributed by atoms with van der Waals surface area (Å²) < 4.78 is 0. The Kier molecular flexibility index (Phi) is 5.26. The first-order valence-corrected chi connectivity index (χ1v) is 11.5.